The third-order valence-corrected chi connectivity index (χ3v) is 1.71. The van der Waals surface area contributed by atoms with Crippen LogP contribution in [0, 0.1) is 5.82 Å². The number of benzene rings is 1. The molecular formula is C9H10F3N. The first kappa shape index (κ1) is 10.1. The Labute approximate surface area is 74.4 Å². The van der Waals surface area contributed by atoms with E-state index >= 15 is 0 Å². The number of nitrogens with two attached hydrogens (primary N) is 1. The predicted octanol–water partition coefficient (Wildman–Crippen LogP) is 2.48. The molecule has 4 heteroatoms. The van der Waals surface area contributed by atoms with Gasteiger partial charge in [-0.25, -0.2) is 13.2 Å². The molecule has 0 spiro atoms. The molecular weight excluding hydrogens is 179 g/mol. The van der Waals surface area contributed by atoms with Crippen molar-refractivity contribution in [1.82, 2.24) is 0 Å². The smallest absolute Gasteiger partial charge is 0.240 e. The normalized spacial score (nSPS) is 13.3. The summed E-state index contributed by atoms with van der Waals surface area (Å²) in [7, 11) is 0. The maximum atomic E-state index is 12.6. The average molecular weight is 189 g/mol. The van der Waals surface area contributed by atoms with Gasteiger partial charge in [-0.1, -0.05) is 12.1 Å². The fourth-order valence-electron chi connectivity index (χ4n) is 1.07. The summed E-state index contributed by atoms with van der Waals surface area (Å²) in [5, 5.41) is 0. The molecule has 0 unspecified atom stereocenters. The first-order valence-corrected chi connectivity index (χ1v) is 3.89. The van der Waals surface area contributed by atoms with Gasteiger partial charge >= 0.3 is 0 Å². The Hall–Kier alpha value is -1.03. The molecule has 0 aliphatic heterocycles. The second-order valence-corrected chi connectivity index (χ2v) is 2.79. The van der Waals surface area contributed by atoms with Crippen LogP contribution in [0.2, 0.25) is 0 Å². The molecule has 13 heavy (non-hydrogen) atoms. The van der Waals surface area contributed by atoms with Crippen molar-refractivity contribution in [2.24, 2.45) is 5.73 Å². The first-order valence-electron chi connectivity index (χ1n) is 3.89. The molecule has 72 valence electrons. The van der Waals surface area contributed by atoms with Crippen molar-refractivity contribution >= 4 is 0 Å². The predicted molar refractivity (Wildman–Crippen MR) is 43.9 cm³/mol. The van der Waals surface area contributed by atoms with E-state index in [2.05, 4.69) is 0 Å². The fourth-order valence-corrected chi connectivity index (χ4v) is 1.07. The summed E-state index contributed by atoms with van der Waals surface area (Å²) >= 11 is 0. The van der Waals surface area contributed by atoms with Crippen molar-refractivity contribution in [1.29, 1.82) is 0 Å². The van der Waals surface area contributed by atoms with Gasteiger partial charge in [0.25, 0.3) is 0 Å². The second kappa shape index (κ2) is 4.28. The van der Waals surface area contributed by atoms with Crippen molar-refractivity contribution in [3.63, 3.8) is 0 Å². The summed E-state index contributed by atoms with van der Waals surface area (Å²) in [4.78, 5) is 0. The highest BCUT2D eigenvalue weighted by molar-refractivity contribution is 5.19. The Bertz CT molecular complexity index is 275. The molecule has 0 amide bonds. The van der Waals surface area contributed by atoms with E-state index in [4.69, 9.17) is 5.73 Å². The molecule has 1 nitrogen and oxygen atoms in total. The lowest BCUT2D eigenvalue weighted by atomic mass is 10.1. The van der Waals surface area contributed by atoms with Crippen LogP contribution in [-0.2, 0) is 0 Å². The molecule has 1 aromatic carbocycles. The zero-order valence-corrected chi connectivity index (χ0v) is 6.88. The summed E-state index contributed by atoms with van der Waals surface area (Å²) in [6.07, 6.45) is -2.90. The Balaban J connectivity index is 2.71. The monoisotopic (exact) mass is 189 g/mol. The van der Waals surface area contributed by atoms with Gasteiger partial charge in [-0.15, -0.1) is 0 Å². The summed E-state index contributed by atoms with van der Waals surface area (Å²) in [5.41, 5.74) is 5.82. The van der Waals surface area contributed by atoms with Gasteiger partial charge in [-0.05, 0) is 17.7 Å². The van der Waals surface area contributed by atoms with Crippen molar-refractivity contribution in [3.05, 3.63) is 35.6 Å². The summed E-state index contributed by atoms with van der Waals surface area (Å²) < 4.78 is 36.4. The van der Waals surface area contributed by atoms with Crippen molar-refractivity contribution in [2.75, 3.05) is 0 Å². The second-order valence-electron chi connectivity index (χ2n) is 2.79. The van der Waals surface area contributed by atoms with Gasteiger partial charge in [0.2, 0.25) is 6.43 Å². The lowest BCUT2D eigenvalue weighted by Gasteiger charge is -2.10. The van der Waals surface area contributed by atoms with E-state index in [1.165, 1.54) is 24.3 Å². The largest absolute Gasteiger partial charge is 0.324 e. The van der Waals surface area contributed by atoms with Crippen LogP contribution in [-0.4, -0.2) is 6.43 Å². The molecule has 1 aromatic rings. The SMILES string of the molecule is N[C@H](CC(F)F)c1cccc(F)c1. The maximum Gasteiger partial charge on any atom is 0.240 e. The zero-order chi connectivity index (χ0) is 9.84. The minimum Gasteiger partial charge on any atom is -0.324 e. The average Bonchev–Trinajstić information content (AvgIpc) is 2.03. The Kier molecular flexibility index (Phi) is 3.31. The molecule has 0 aromatic heterocycles. The highest BCUT2D eigenvalue weighted by Gasteiger charge is 2.12. The maximum absolute atomic E-state index is 12.6. The van der Waals surface area contributed by atoms with Crippen LogP contribution in [0.4, 0.5) is 13.2 Å². The van der Waals surface area contributed by atoms with Crippen LogP contribution in [0.15, 0.2) is 24.3 Å². The van der Waals surface area contributed by atoms with Gasteiger partial charge in [0.15, 0.2) is 0 Å². The van der Waals surface area contributed by atoms with Crippen LogP contribution in [0.25, 0.3) is 0 Å². The third kappa shape index (κ3) is 3.06. The fraction of sp³-hybridized carbons (Fsp3) is 0.333. The van der Waals surface area contributed by atoms with Crippen molar-refractivity contribution < 1.29 is 13.2 Å². The van der Waals surface area contributed by atoms with E-state index in [0.717, 1.165) is 0 Å². The molecule has 0 fully saturated rings. The first-order chi connectivity index (χ1) is 6.09. The van der Waals surface area contributed by atoms with Crippen molar-refractivity contribution in [2.45, 2.75) is 18.9 Å². The van der Waals surface area contributed by atoms with Crippen LogP contribution in [0.5, 0.6) is 0 Å². The highest BCUT2D eigenvalue weighted by Crippen LogP contribution is 2.18. The Morgan fingerprint density at radius 3 is 2.54 bits per heavy atom. The lowest BCUT2D eigenvalue weighted by molar-refractivity contribution is 0.128. The molecule has 0 bridgehead atoms. The molecule has 0 saturated carbocycles. The topological polar surface area (TPSA) is 26.0 Å². The molecule has 0 aliphatic carbocycles. The highest BCUT2D eigenvalue weighted by atomic mass is 19.3. The third-order valence-electron chi connectivity index (χ3n) is 1.71. The number of hydrogen-bond acceptors (Lipinski definition) is 1. The van der Waals surface area contributed by atoms with Crippen molar-refractivity contribution in [3.8, 4) is 0 Å². The van der Waals surface area contributed by atoms with Gasteiger partial charge in [0, 0.05) is 12.5 Å². The van der Waals surface area contributed by atoms with Crippen LogP contribution < -0.4 is 5.73 Å². The molecule has 1 atom stereocenters. The molecule has 0 saturated heterocycles. The number of alkyl halides is 2. The quantitative estimate of drug-likeness (QED) is 0.776. The number of rotatable bonds is 3. The van der Waals surface area contributed by atoms with Crippen LogP contribution in [0.3, 0.4) is 0 Å². The van der Waals surface area contributed by atoms with E-state index in [1.54, 1.807) is 0 Å². The van der Waals surface area contributed by atoms with E-state index in [1.807, 2.05) is 0 Å². The van der Waals surface area contributed by atoms with Crippen LogP contribution >= 0.6 is 0 Å². The summed E-state index contributed by atoms with van der Waals surface area (Å²) in [6.45, 7) is 0. The van der Waals surface area contributed by atoms with Crippen LogP contribution in [0.1, 0.15) is 18.0 Å². The molecule has 0 aliphatic rings. The summed E-state index contributed by atoms with van der Waals surface area (Å²) in [6, 6.07) is 4.62. The van der Waals surface area contributed by atoms with E-state index in [0.29, 0.717) is 5.56 Å². The van der Waals surface area contributed by atoms with Gasteiger partial charge < -0.3 is 5.73 Å². The van der Waals surface area contributed by atoms with E-state index in [-0.39, 0.29) is 0 Å². The molecule has 1 rings (SSSR count). The Morgan fingerprint density at radius 2 is 2.00 bits per heavy atom. The van der Waals surface area contributed by atoms with E-state index in [9.17, 15) is 13.2 Å². The van der Waals surface area contributed by atoms with Gasteiger partial charge in [-0.2, -0.15) is 0 Å². The zero-order valence-electron chi connectivity index (χ0n) is 6.88. The summed E-state index contributed by atoms with van der Waals surface area (Å²) in [5.74, 6) is -0.456. The van der Waals surface area contributed by atoms with Gasteiger partial charge in [0.05, 0.1) is 0 Å². The van der Waals surface area contributed by atoms with Gasteiger partial charge in [-0.3, -0.25) is 0 Å². The lowest BCUT2D eigenvalue weighted by Crippen LogP contribution is -2.13. The molecule has 0 radical (unpaired) electrons. The number of halogens is 3. The standard InChI is InChI=1S/C9H10F3N/c10-7-3-1-2-6(4-7)8(13)5-9(11)12/h1-4,8-9H,5,13H2/t8-/m1/s1. The van der Waals surface area contributed by atoms with Gasteiger partial charge in [0.1, 0.15) is 5.82 Å². The minimum atomic E-state index is -2.46. The Morgan fingerprint density at radius 1 is 1.31 bits per heavy atom. The molecule has 0 heterocycles. The minimum absolute atomic E-state index is 0.403. The molecule has 2 N–H and O–H groups in total. The van der Waals surface area contributed by atoms with E-state index < -0.39 is 24.7 Å². The number of hydrogen-bond donors (Lipinski definition) is 1.